The molecule has 0 atom stereocenters. The summed E-state index contributed by atoms with van der Waals surface area (Å²) in [6, 6.07) is 16.4. The molecule has 0 bridgehead atoms. The van der Waals surface area contributed by atoms with E-state index in [1.54, 1.807) is 0 Å². The molecule has 0 unspecified atom stereocenters. The summed E-state index contributed by atoms with van der Waals surface area (Å²) in [5.41, 5.74) is 2.36. The molecule has 0 spiro atoms. The average molecular weight is 305 g/mol. The number of ether oxygens (including phenoxy) is 1. The van der Waals surface area contributed by atoms with Crippen molar-refractivity contribution in [1.82, 2.24) is 0 Å². The molecule has 0 radical (unpaired) electrons. The summed E-state index contributed by atoms with van der Waals surface area (Å²) in [6.07, 6.45) is 0. The lowest BCUT2D eigenvalue weighted by Gasteiger charge is -2.10. The normalized spacial score (nSPS) is 10.7. The molecule has 94 valence electrons. The molecule has 0 aliphatic heterocycles. The van der Waals surface area contributed by atoms with Gasteiger partial charge in [0.2, 0.25) is 0 Å². The second kappa shape index (κ2) is 6.05. The first-order valence-electron chi connectivity index (χ1n) is 6.14. The Hall–Kier alpha value is -1.28. The highest BCUT2D eigenvalue weighted by atomic mass is 79.9. The van der Waals surface area contributed by atoms with Gasteiger partial charge in [-0.05, 0) is 35.2 Å². The zero-order chi connectivity index (χ0) is 13.0. The number of hydrogen-bond acceptors (Lipinski definition) is 1. The first-order chi connectivity index (χ1) is 8.66. The third kappa shape index (κ3) is 3.36. The Labute approximate surface area is 117 Å². The van der Waals surface area contributed by atoms with Gasteiger partial charge in [0, 0.05) is 4.47 Å². The molecule has 0 amide bonds. The van der Waals surface area contributed by atoms with Crippen LogP contribution in [0.4, 0.5) is 0 Å². The molecule has 18 heavy (non-hydrogen) atoms. The molecule has 2 aromatic carbocycles. The molecule has 0 aliphatic rings. The van der Waals surface area contributed by atoms with E-state index in [1.165, 1.54) is 11.1 Å². The van der Waals surface area contributed by atoms with Gasteiger partial charge in [0.15, 0.2) is 0 Å². The van der Waals surface area contributed by atoms with Crippen LogP contribution >= 0.6 is 15.9 Å². The van der Waals surface area contributed by atoms with E-state index < -0.39 is 0 Å². The molecule has 2 heteroatoms. The second-order valence-corrected chi connectivity index (χ2v) is 5.57. The van der Waals surface area contributed by atoms with Crippen LogP contribution in [0, 0.1) is 5.92 Å². The van der Waals surface area contributed by atoms with Crippen LogP contribution < -0.4 is 4.74 Å². The van der Waals surface area contributed by atoms with Crippen molar-refractivity contribution in [2.24, 2.45) is 5.92 Å². The highest BCUT2D eigenvalue weighted by Crippen LogP contribution is 2.30. The zero-order valence-electron chi connectivity index (χ0n) is 10.7. The molecule has 2 rings (SSSR count). The molecule has 1 nitrogen and oxygen atoms in total. The van der Waals surface area contributed by atoms with E-state index >= 15 is 0 Å². The molecular weight excluding hydrogens is 288 g/mol. The van der Waals surface area contributed by atoms with Gasteiger partial charge >= 0.3 is 0 Å². The van der Waals surface area contributed by atoms with Crippen molar-refractivity contribution in [1.29, 1.82) is 0 Å². The van der Waals surface area contributed by atoms with Crippen molar-refractivity contribution in [2.75, 3.05) is 6.61 Å². The minimum atomic E-state index is 0.539. The van der Waals surface area contributed by atoms with Crippen LogP contribution in [-0.4, -0.2) is 6.61 Å². The van der Waals surface area contributed by atoms with Crippen molar-refractivity contribution >= 4 is 15.9 Å². The summed E-state index contributed by atoms with van der Waals surface area (Å²) in [5, 5.41) is 0. The van der Waals surface area contributed by atoms with E-state index in [4.69, 9.17) is 4.74 Å². The third-order valence-corrected chi connectivity index (χ3v) is 3.29. The van der Waals surface area contributed by atoms with E-state index in [0.717, 1.165) is 16.8 Å². The van der Waals surface area contributed by atoms with E-state index in [-0.39, 0.29) is 0 Å². The van der Waals surface area contributed by atoms with Crippen molar-refractivity contribution in [2.45, 2.75) is 13.8 Å². The highest BCUT2D eigenvalue weighted by molar-refractivity contribution is 9.10. The maximum atomic E-state index is 5.75. The summed E-state index contributed by atoms with van der Waals surface area (Å²) in [6.45, 7) is 5.05. The number of rotatable bonds is 4. The predicted octanol–water partition coefficient (Wildman–Crippen LogP) is 5.15. The fourth-order valence-corrected chi connectivity index (χ4v) is 2.23. The predicted molar refractivity (Wildman–Crippen MR) is 79.9 cm³/mol. The zero-order valence-corrected chi connectivity index (χ0v) is 12.3. The van der Waals surface area contributed by atoms with Crippen LogP contribution in [0.15, 0.2) is 53.0 Å². The Bertz CT molecular complexity index is 520. The van der Waals surface area contributed by atoms with Crippen molar-refractivity contribution in [3.63, 3.8) is 0 Å². The van der Waals surface area contributed by atoms with Crippen LogP contribution in [0.25, 0.3) is 11.1 Å². The van der Waals surface area contributed by atoms with E-state index in [1.807, 2.05) is 24.3 Å². The van der Waals surface area contributed by atoms with Gasteiger partial charge in [-0.2, -0.15) is 0 Å². The maximum Gasteiger partial charge on any atom is 0.119 e. The van der Waals surface area contributed by atoms with E-state index in [9.17, 15) is 0 Å². The van der Waals surface area contributed by atoms with Crippen molar-refractivity contribution in [3.05, 3.63) is 53.0 Å². The van der Waals surface area contributed by atoms with Crippen LogP contribution in [0.2, 0.25) is 0 Å². The Balaban J connectivity index is 2.25. The van der Waals surface area contributed by atoms with E-state index in [2.05, 4.69) is 54.0 Å². The van der Waals surface area contributed by atoms with Gasteiger partial charge in [0.1, 0.15) is 5.75 Å². The fourth-order valence-electron chi connectivity index (χ4n) is 1.71. The molecule has 0 saturated heterocycles. The van der Waals surface area contributed by atoms with Gasteiger partial charge in [-0.1, -0.05) is 60.1 Å². The summed E-state index contributed by atoms with van der Waals surface area (Å²) >= 11 is 3.58. The van der Waals surface area contributed by atoms with Gasteiger partial charge in [-0.3, -0.25) is 0 Å². The monoisotopic (exact) mass is 304 g/mol. The summed E-state index contributed by atoms with van der Waals surface area (Å²) in [7, 11) is 0. The van der Waals surface area contributed by atoms with Crippen molar-refractivity contribution in [3.8, 4) is 16.9 Å². The number of benzene rings is 2. The third-order valence-electron chi connectivity index (χ3n) is 2.60. The van der Waals surface area contributed by atoms with Gasteiger partial charge in [-0.25, -0.2) is 0 Å². The van der Waals surface area contributed by atoms with Crippen LogP contribution in [-0.2, 0) is 0 Å². The Morgan fingerprint density at radius 2 is 1.83 bits per heavy atom. The Morgan fingerprint density at radius 1 is 1.06 bits per heavy atom. The standard InChI is InChI=1S/C16H17BrO/c1-12(2)11-18-14-7-5-6-13(10-14)15-8-3-4-9-16(15)17/h3-10,12H,11H2,1-2H3. The van der Waals surface area contributed by atoms with Crippen LogP contribution in [0.1, 0.15) is 13.8 Å². The van der Waals surface area contributed by atoms with Gasteiger partial charge < -0.3 is 4.74 Å². The largest absolute Gasteiger partial charge is 0.493 e. The Kier molecular flexibility index (Phi) is 4.43. The van der Waals surface area contributed by atoms with Gasteiger partial charge in [0.25, 0.3) is 0 Å². The first kappa shape index (κ1) is 13.2. The average Bonchev–Trinajstić information content (AvgIpc) is 2.37. The topological polar surface area (TPSA) is 9.23 Å². The fraction of sp³-hybridized carbons (Fsp3) is 0.250. The summed E-state index contributed by atoms with van der Waals surface area (Å²) < 4.78 is 6.86. The minimum Gasteiger partial charge on any atom is -0.493 e. The van der Waals surface area contributed by atoms with E-state index in [0.29, 0.717) is 5.92 Å². The summed E-state index contributed by atoms with van der Waals surface area (Å²) in [4.78, 5) is 0. The lowest BCUT2D eigenvalue weighted by molar-refractivity contribution is 0.271. The molecule has 0 fully saturated rings. The first-order valence-corrected chi connectivity index (χ1v) is 6.94. The lowest BCUT2D eigenvalue weighted by Crippen LogP contribution is -2.04. The SMILES string of the molecule is CC(C)COc1cccc(-c2ccccc2Br)c1. The summed E-state index contributed by atoms with van der Waals surface area (Å²) in [5.74, 6) is 1.47. The number of halogens is 1. The maximum absolute atomic E-state index is 5.75. The smallest absolute Gasteiger partial charge is 0.119 e. The van der Waals surface area contributed by atoms with Gasteiger partial charge in [0.05, 0.1) is 6.61 Å². The quantitative estimate of drug-likeness (QED) is 0.759. The van der Waals surface area contributed by atoms with Gasteiger partial charge in [-0.15, -0.1) is 0 Å². The molecule has 0 aromatic heterocycles. The molecule has 0 N–H and O–H groups in total. The molecule has 0 heterocycles. The van der Waals surface area contributed by atoms with Crippen molar-refractivity contribution < 1.29 is 4.74 Å². The minimum absolute atomic E-state index is 0.539. The molecule has 0 aliphatic carbocycles. The molecule has 2 aromatic rings. The van der Waals surface area contributed by atoms with Crippen LogP contribution in [0.5, 0.6) is 5.75 Å². The molecule has 0 saturated carbocycles. The second-order valence-electron chi connectivity index (χ2n) is 4.71. The number of hydrogen-bond donors (Lipinski definition) is 0. The highest BCUT2D eigenvalue weighted by Gasteiger charge is 2.04. The Morgan fingerprint density at radius 3 is 2.56 bits per heavy atom. The lowest BCUT2D eigenvalue weighted by atomic mass is 10.1. The molecular formula is C16H17BrO. The van der Waals surface area contributed by atoms with Crippen LogP contribution in [0.3, 0.4) is 0 Å².